The molecule has 10 heteroatoms. The van der Waals surface area contributed by atoms with Gasteiger partial charge in [0.1, 0.15) is 11.3 Å². The van der Waals surface area contributed by atoms with E-state index in [1.54, 1.807) is 35.1 Å². The van der Waals surface area contributed by atoms with Crippen LogP contribution in [0.15, 0.2) is 24.3 Å². The first-order chi connectivity index (χ1) is 14.0. The third kappa shape index (κ3) is 3.58. The van der Waals surface area contributed by atoms with Gasteiger partial charge in [-0.25, -0.2) is 0 Å². The van der Waals surface area contributed by atoms with Gasteiger partial charge in [-0.15, -0.1) is 0 Å². The SMILES string of the molecule is Cc1c(Nc2nn(C3COCCC3C#N)cc2C(N)=O)ccc2c1C=CB(O)O2. The molecule has 1 amide bonds. The van der Waals surface area contributed by atoms with Crippen LogP contribution in [-0.2, 0) is 4.74 Å². The number of ether oxygens (including phenoxy) is 1. The van der Waals surface area contributed by atoms with Crippen molar-refractivity contribution in [3.05, 3.63) is 41.0 Å². The predicted octanol–water partition coefficient (Wildman–Crippen LogP) is 1.56. The van der Waals surface area contributed by atoms with E-state index in [1.165, 1.54) is 0 Å². The minimum Gasteiger partial charge on any atom is -0.532 e. The van der Waals surface area contributed by atoms with E-state index in [9.17, 15) is 15.1 Å². The number of hydrogen-bond acceptors (Lipinski definition) is 7. The fourth-order valence-corrected chi connectivity index (χ4v) is 3.59. The summed E-state index contributed by atoms with van der Waals surface area (Å²) in [6, 6.07) is 5.52. The van der Waals surface area contributed by atoms with Crippen molar-refractivity contribution in [2.75, 3.05) is 18.5 Å². The Kier molecular flexibility index (Phi) is 5.00. The molecule has 9 nitrogen and oxygen atoms in total. The summed E-state index contributed by atoms with van der Waals surface area (Å²) in [5, 5.41) is 26.7. The van der Waals surface area contributed by atoms with Crippen molar-refractivity contribution < 1.29 is 19.2 Å². The predicted molar refractivity (Wildman–Crippen MR) is 106 cm³/mol. The number of nitrogens with two attached hydrogens (primary N) is 1. The fraction of sp³-hybridized carbons (Fsp3) is 0.316. The molecular weight excluding hydrogens is 373 g/mol. The van der Waals surface area contributed by atoms with Gasteiger partial charge in [0.15, 0.2) is 5.82 Å². The minimum absolute atomic E-state index is 0.228. The maximum absolute atomic E-state index is 12.0. The molecule has 0 spiro atoms. The Bertz CT molecular complexity index is 1030. The molecule has 0 saturated carbocycles. The zero-order chi connectivity index (χ0) is 20.5. The van der Waals surface area contributed by atoms with Crippen LogP contribution >= 0.6 is 0 Å². The number of rotatable bonds is 4. The van der Waals surface area contributed by atoms with Gasteiger partial charge in [0.2, 0.25) is 0 Å². The Labute approximate surface area is 167 Å². The zero-order valence-corrected chi connectivity index (χ0v) is 15.8. The third-order valence-electron chi connectivity index (χ3n) is 5.23. The molecule has 1 saturated heterocycles. The largest absolute Gasteiger partial charge is 0.552 e. The monoisotopic (exact) mass is 393 g/mol. The Hall–Kier alpha value is -3.29. The maximum Gasteiger partial charge on any atom is 0.552 e. The van der Waals surface area contributed by atoms with Gasteiger partial charge in [0.05, 0.1) is 24.6 Å². The number of nitrogens with zero attached hydrogens (tertiary/aromatic N) is 3. The molecule has 1 aromatic heterocycles. The van der Waals surface area contributed by atoms with E-state index in [1.807, 2.05) is 6.92 Å². The summed E-state index contributed by atoms with van der Waals surface area (Å²) in [5.41, 5.74) is 8.20. The van der Waals surface area contributed by atoms with Gasteiger partial charge in [-0.2, -0.15) is 10.4 Å². The fourth-order valence-electron chi connectivity index (χ4n) is 3.59. The topological polar surface area (TPSA) is 135 Å². The third-order valence-corrected chi connectivity index (χ3v) is 5.23. The summed E-state index contributed by atoms with van der Waals surface area (Å²) in [7, 11) is -0.969. The normalized spacial score (nSPS) is 20.5. The van der Waals surface area contributed by atoms with Crippen LogP contribution in [0, 0.1) is 24.2 Å². The first-order valence-electron chi connectivity index (χ1n) is 9.27. The molecule has 2 aromatic rings. The lowest BCUT2D eigenvalue weighted by atomic mass is 9.85. The second-order valence-corrected chi connectivity index (χ2v) is 7.04. The number of anilines is 2. The number of aromatic nitrogens is 2. The van der Waals surface area contributed by atoms with Crippen LogP contribution < -0.4 is 15.7 Å². The number of carbonyl (C=O) groups excluding carboxylic acids is 1. The Morgan fingerprint density at radius 3 is 3.10 bits per heavy atom. The van der Waals surface area contributed by atoms with Crippen LogP contribution in [-0.4, -0.2) is 41.0 Å². The van der Waals surface area contributed by atoms with Gasteiger partial charge in [-0.1, -0.05) is 6.08 Å². The highest BCUT2D eigenvalue weighted by Gasteiger charge is 2.30. The first-order valence-corrected chi connectivity index (χ1v) is 9.27. The quantitative estimate of drug-likeness (QED) is 0.671. The summed E-state index contributed by atoms with van der Waals surface area (Å²) >= 11 is 0. The van der Waals surface area contributed by atoms with Crippen molar-refractivity contribution in [2.45, 2.75) is 19.4 Å². The van der Waals surface area contributed by atoms with Gasteiger partial charge in [0.25, 0.3) is 5.91 Å². The molecule has 2 aliphatic rings. The molecule has 0 radical (unpaired) electrons. The molecule has 29 heavy (non-hydrogen) atoms. The van der Waals surface area contributed by atoms with Gasteiger partial charge in [-0.05, 0) is 37.0 Å². The zero-order valence-electron chi connectivity index (χ0n) is 15.8. The number of nitriles is 1. The van der Waals surface area contributed by atoms with Crippen molar-refractivity contribution in [2.24, 2.45) is 11.7 Å². The van der Waals surface area contributed by atoms with Crippen LogP contribution in [0.5, 0.6) is 5.75 Å². The van der Waals surface area contributed by atoms with Crippen molar-refractivity contribution in [1.29, 1.82) is 5.26 Å². The number of hydrogen-bond donors (Lipinski definition) is 3. The van der Waals surface area contributed by atoms with Gasteiger partial charge < -0.3 is 25.5 Å². The van der Waals surface area contributed by atoms with E-state index in [2.05, 4.69) is 16.5 Å². The van der Waals surface area contributed by atoms with Crippen LogP contribution in [0.2, 0.25) is 0 Å². The average molecular weight is 393 g/mol. The number of fused-ring (bicyclic) bond motifs is 1. The van der Waals surface area contributed by atoms with E-state index >= 15 is 0 Å². The summed E-state index contributed by atoms with van der Waals surface area (Å²) in [4.78, 5) is 12.0. The highest BCUT2D eigenvalue weighted by atomic mass is 16.5. The summed E-state index contributed by atoms with van der Waals surface area (Å²) in [6.07, 6.45) is 3.95. The van der Waals surface area contributed by atoms with Gasteiger partial charge >= 0.3 is 7.12 Å². The summed E-state index contributed by atoms with van der Waals surface area (Å²) in [5.74, 6) is 1.55. The van der Waals surface area contributed by atoms with Crippen molar-refractivity contribution in [3.63, 3.8) is 0 Å². The molecule has 2 atom stereocenters. The standard InChI is InChI=1S/C19H20BN5O4/c1-11-13-4-6-20(27)29-17(13)3-2-15(11)23-19-14(18(22)26)9-25(24-19)16-10-28-7-5-12(16)8-21/h2-4,6,9,12,16,27H,5,7,10H2,1H3,(H2,22,26)(H,23,24). The number of nitrogens with one attached hydrogen (secondary N) is 1. The summed E-state index contributed by atoms with van der Waals surface area (Å²) in [6.45, 7) is 2.77. The number of primary amides is 1. The first kappa shape index (κ1) is 19.0. The maximum atomic E-state index is 12.0. The number of benzene rings is 1. The molecule has 0 bridgehead atoms. The molecule has 1 aromatic carbocycles. The smallest absolute Gasteiger partial charge is 0.532 e. The van der Waals surface area contributed by atoms with Crippen molar-refractivity contribution >= 4 is 30.6 Å². The molecule has 4 rings (SSSR count). The average Bonchev–Trinajstić information content (AvgIpc) is 3.14. The van der Waals surface area contributed by atoms with Crippen LogP contribution in [0.3, 0.4) is 0 Å². The number of amides is 1. The molecule has 2 unspecified atom stereocenters. The van der Waals surface area contributed by atoms with Crippen LogP contribution in [0.4, 0.5) is 11.5 Å². The molecule has 148 valence electrons. The second-order valence-electron chi connectivity index (χ2n) is 7.04. The molecular formula is C19H20BN5O4. The van der Waals surface area contributed by atoms with Crippen molar-refractivity contribution in [3.8, 4) is 11.8 Å². The molecule has 2 aliphatic heterocycles. The lowest BCUT2D eigenvalue weighted by Crippen LogP contribution is -2.29. The number of carbonyl (C=O) groups is 1. The highest BCUT2D eigenvalue weighted by molar-refractivity contribution is 6.51. The van der Waals surface area contributed by atoms with Crippen molar-refractivity contribution in [1.82, 2.24) is 9.78 Å². The highest BCUT2D eigenvalue weighted by Crippen LogP contribution is 2.34. The Morgan fingerprint density at radius 1 is 1.52 bits per heavy atom. The lowest BCUT2D eigenvalue weighted by molar-refractivity contribution is 0.0342. The van der Waals surface area contributed by atoms with E-state index in [4.69, 9.17) is 15.1 Å². The van der Waals surface area contributed by atoms with E-state index in [-0.39, 0.29) is 17.5 Å². The molecule has 1 fully saturated rings. The molecule has 3 heterocycles. The van der Waals surface area contributed by atoms with Crippen LogP contribution in [0.1, 0.15) is 33.9 Å². The Balaban J connectivity index is 1.68. The van der Waals surface area contributed by atoms with E-state index in [0.29, 0.717) is 31.2 Å². The Morgan fingerprint density at radius 2 is 2.34 bits per heavy atom. The van der Waals surface area contributed by atoms with Crippen LogP contribution in [0.25, 0.3) is 6.08 Å². The lowest BCUT2D eigenvalue weighted by Gasteiger charge is -2.27. The summed E-state index contributed by atoms with van der Waals surface area (Å²) < 4.78 is 12.5. The molecule has 4 N–H and O–H groups in total. The minimum atomic E-state index is -0.969. The van der Waals surface area contributed by atoms with E-state index < -0.39 is 13.0 Å². The van der Waals surface area contributed by atoms with E-state index in [0.717, 1.165) is 16.8 Å². The van der Waals surface area contributed by atoms with Gasteiger partial charge in [0, 0.05) is 24.1 Å². The van der Waals surface area contributed by atoms with Gasteiger partial charge in [-0.3, -0.25) is 9.48 Å². The molecule has 0 aliphatic carbocycles. The second kappa shape index (κ2) is 7.62.